The second-order valence-electron chi connectivity index (χ2n) is 5.95. The van der Waals surface area contributed by atoms with E-state index in [1.54, 1.807) is 6.07 Å². The summed E-state index contributed by atoms with van der Waals surface area (Å²) in [4.78, 5) is 13.9. The highest BCUT2D eigenvalue weighted by Gasteiger charge is 2.22. The Bertz CT molecular complexity index is 499. The molecule has 1 aliphatic heterocycles. The van der Waals surface area contributed by atoms with Gasteiger partial charge in [-0.3, -0.25) is 9.69 Å². The lowest BCUT2D eigenvalue weighted by Gasteiger charge is -2.32. The quantitative estimate of drug-likeness (QED) is 0.897. The normalized spacial score (nSPS) is 17.2. The van der Waals surface area contributed by atoms with Crippen LogP contribution in [0.4, 0.5) is 4.39 Å². The van der Waals surface area contributed by atoms with Crippen molar-refractivity contribution >= 4 is 21.8 Å². The zero-order valence-corrected chi connectivity index (χ0v) is 14.1. The highest BCUT2D eigenvalue weighted by atomic mass is 79.9. The van der Waals surface area contributed by atoms with Crippen LogP contribution in [0.15, 0.2) is 22.7 Å². The number of hydrogen-bond donors (Lipinski definition) is 1. The SMILES string of the molecule is CC(C)C(=O)NC1CCN(Cc2cc(Br)ccc2F)CC1. The van der Waals surface area contributed by atoms with Gasteiger partial charge in [0, 0.05) is 41.6 Å². The Kier molecular flexibility index (Phi) is 5.76. The topological polar surface area (TPSA) is 32.3 Å². The molecule has 116 valence electrons. The molecule has 1 saturated heterocycles. The number of rotatable bonds is 4. The van der Waals surface area contributed by atoms with Gasteiger partial charge in [0.15, 0.2) is 0 Å². The van der Waals surface area contributed by atoms with Crippen LogP contribution >= 0.6 is 15.9 Å². The van der Waals surface area contributed by atoms with E-state index in [1.807, 2.05) is 19.9 Å². The molecule has 0 saturated carbocycles. The van der Waals surface area contributed by atoms with Crippen molar-refractivity contribution in [2.75, 3.05) is 13.1 Å². The number of nitrogens with one attached hydrogen (secondary N) is 1. The zero-order valence-electron chi connectivity index (χ0n) is 12.5. The lowest BCUT2D eigenvalue weighted by atomic mass is 10.0. The fraction of sp³-hybridized carbons (Fsp3) is 0.562. The standard InChI is InChI=1S/C16H22BrFN2O/c1-11(2)16(21)19-14-5-7-20(8-6-14)10-12-9-13(17)3-4-15(12)18/h3-4,9,11,14H,5-8,10H2,1-2H3,(H,19,21). The summed E-state index contributed by atoms with van der Waals surface area (Å²) in [5, 5.41) is 3.08. The molecule has 0 bridgehead atoms. The summed E-state index contributed by atoms with van der Waals surface area (Å²) in [5.74, 6) is -0.0151. The Labute approximate surface area is 134 Å². The van der Waals surface area contributed by atoms with Crippen molar-refractivity contribution in [3.05, 3.63) is 34.1 Å². The minimum Gasteiger partial charge on any atom is -0.353 e. The fourth-order valence-electron chi connectivity index (χ4n) is 2.51. The van der Waals surface area contributed by atoms with Gasteiger partial charge in [-0.25, -0.2) is 4.39 Å². The average Bonchev–Trinajstić information content (AvgIpc) is 2.45. The van der Waals surface area contributed by atoms with E-state index < -0.39 is 0 Å². The van der Waals surface area contributed by atoms with Gasteiger partial charge in [0.1, 0.15) is 5.82 Å². The molecule has 0 atom stereocenters. The van der Waals surface area contributed by atoms with E-state index in [9.17, 15) is 9.18 Å². The highest BCUT2D eigenvalue weighted by Crippen LogP contribution is 2.19. The molecule has 0 aliphatic carbocycles. The minimum absolute atomic E-state index is 0.0267. The Morgan fingerprint density at radius 2 is 2.10 bits per heavy atom. The smallest absolute Gasteiger partial charge is 0.222 e. The predicted octanol–water partition coefficient (Wildman–Crippen LogP) is 3.32. The van der Waals surface area contributed by atoms with Crippen LogP contribution in [0.3, 0.4) is 0 Å². The van der Waals surface area contributed by atoms with Crippen LogP contribution < -0.4 is 5.32 Å². The maximum absolute atomic E-state index is 13.8. The van der Waals surface area contributed by atoms with E-state index in [-0.39, 0.29) is 23.7 Å². The Morgan fingerprint density at radius 3 is 2.71 bits per heavy atom. The molecule has 1 fully saturated rings. The first-order valence-electron chi connectivity index (χ1n) is 7.42. The number of benzene rings is 1. The summed E-state index contributed by atoms with van der Waals surface area (Å²) in [6, 6.07) is 5.30. The monoisotopic (exact) mass is 356 g/mol. The summed E-state index contributed by atoms with van der Waals surface area (Å²) >= 11 is 3.38. The van der Waals surface area contributed by atoms with Gasteiger partial charge in [-0.05, 0) is 31.0 Å². The third-order valence-electron chi connectivity index (χ3n) is 3.86. The molecule has 2 rings (SSSR count). The van der Waals surface area contributed by atoms with Crippen molar-refractivity contribution < 1.29 is 9.18 Å². The molecule has 1 aliphatic rings. The first-order chi connectivity index (χ1) is 9.95. The van der Waals surface area contributed by atoms with Crippen molar-refractivity contribution in [1.29, 1.82) is 0 Å². The maximum Gasteiger partial charge on any atom is 0.222 e. The number of halogens is 2. The number of piperidine rings is 1. The first kappa shape index (κ1) is 16.4. The predicted molar refractivity (Wildman–Crippen MR) is 85.4 cm³/mol. The Balaban J connectivity index is 1.84. The lowest BCUT2D eigenvalue weighted by Crippen LogP contribution is -2.45. The number of carbonyl (C=O) groups excluding carboxylic acids is 1. The second-order valence-corrected chi connectivity index (χ2v) is 6.87. The molecule has 1 aromatic rings. The second kappa shape index (κ2) is 7.36. The van der Waals surface area contributed by atoms with E-state index in [0.717, 1.165) is 30.4 Å². The molecule has 0 radical (unpaired) electrons. The van der Waals surface area contributed by atoms with E-state index in [4.69, 9.17) is 0 Å². The van der Waals surface area contributed by atoms with Gasteiger partial charge < -0.3 is 5.32 Å². The summed E-state index contributed by atoms with van der Waals surface area (Å²) < 4.78 is 14.7. The van der Waals surface area contributed by atoms with Gasteiger partial charge in [0.25, 0.3) is 0 Å². The third-order valence-corrected chi connectivity index (χ3v) is 4.35. The molecule has 1 aromatic carbocycles. The largest absolute Gasteiger partial charge is 0.353 e. The number of likely N-dealkylation sites (tertiary alicyclic amines) is 1. The van der Waals surface area contributed by atoms with Crippen molar-refractivity contribution in [2.24, 2.45) is 5.92 Å². The van der Waals surface area contributed by atoms with Crippen molar-refractivity contribution in [2.45, 2.75) is 39.3 Å². The van der Waals surface area contributed by atoms with Crippen LogP contribution in [0.1, 0.15) is 32.3 Å². The molecule has 1 amide bonds. The van der Waals surface area contributed by atoms with Crippen LogP contribution in [0.25, 0.3) is 0 Å². The number of hydrogen-bond acceptors (Lipinski definition) is 2. The van der Waals surface area contributed by atoms with Crippen LogP contribution in [-0.4, -0.2) is 29.9 Å². The Morgan fingerprint density at radius 1 is 1.43 bits per heavy atom. The summed E-state index contributed by atoms with van der Waals surface area (Å²) in [6.45, 7) is 6.20. The molecule has 21 heavy (non-hydrogen) atoms. The fourth-order valence-corrected chi connectivity index (χ4v) is 2.92. The molecular formula is C16H22BrFN2O. The third kappa shape index (κ3) is 4.78. The van der Waals surface area contributed by atoms with Crippen LogP contribution in [0, 0.1) is 11.7 Å². The summed E-state index contributed by atoms with van der Waals surface area (Å²) in [7, 11) is 0. The van der Waals surface area contributed by atoms with Crippen LogP contribution in [-0.2, 0) is 11.3 Å². The van der Waals surface area contributed by atoms with E-state index >= 15 is 0 Å². The lowest BCUT2D eigenvalue weighted by molar-refractivity contribution is -0.125. The molecule has 1 heterocycles. The molecule has 5 heteroatoms. The summed E-state index contributed by atoms with van der Waals surface area (Å²) in [5.41, 5.74) is 0.717. The molecule has 0 aromatic heterocycles. The van der Waals surface area contributed by atoms with E-state index in [0.29, 0.717) is 12.1 Å². The average molecular weight is 357 g/mol. The molecule has 1 N–H and O–H groups in total. The van der Waals surface area contributed by atoms with Crippen LogP contribution in [0.2, 0.25) is 0 Å². The van der Waals surface area contributed by atoms with Crippen molar-refractivity contribution in [1.82, 2.24) is 10.2 Å². The number of nitrogens with zero attached hydrogens (tertiary/aromatic N) is 1. The van der Waals surface area contributed by atoms with Gasteiger partial charge in [-0.2, -0.15) is 0 Å². The van der Waals surface area contributed by atoms with Crippen molar-refractivity contribution in [3.63, 3.8) is 0 Å². The highest BCUT2D eigenvalue weighted by molar-refractivity contribution is 9.10. The minimum atomic E-state index is -0.159. The van der Waals surface area contributed by atoms with Gasteiger partial charge in [-0.15, -0.1) is 0 Å². The van der Waals surface area contributed by atoms with Gasteiger partial charge in [-0.1, -0.05) is 29.8 Å². The maximum atomic E-state index is 13.8. The van der Waals surface area contributed by atoms with Crippen LogP contribution in [0.5, 0.6) is 0 Å². The van der Waals surface area contributed by atoms with E-state index in [2.05, 4.69) is 26.1 Å². The summed E-state index contributed by atoms with van der Waals surface area (Å²) in [6.07, 6.45) is 1.85. The van der Waals surface area contributed by atoms with Gasteiger partial charge >= 0.3 is 0 Å². The molecule has 0 unspecified atom stereocenters. The van der Waals surface area contributed by atoms with Gasteiger partial charge in [0.2, 0.25) is 5.91 Å². The Hall–Kier alpha value is -0.940. The molecule has 3 nitrogen and oxygen atoms in total. The molecular weight excluding hydrogens is 335 g/mol. The molecule has 0 spiro atoms. The van der Waals surface area contributed by atoms with E-state index in [1.165, 1.54) is 6.07 Å². The van der Waals surface area contributed by atoms with Crippen molar-refractivity contribution in [3.8, 4) is 0 Å². The number of amides is 1. The zero-order chi connectivity index (χ0) is 15.4. The first-order valence-corrected chi connectivity index (χ1v) is 8.21. The van der Waals surface area contributed by atoms with Gasteiger partial charge in [0.05, 0.1) is 0 Å². The number of carbonyl (C=O) groups is 1.